The van der Waals surface area contributed by atoms with Gasteiger partial charge in [-0.2, -0.15) is 0 Å². The summed E-state index contributed by atoms with van der Waals surface area (Å²) < 4.78 is 0. The third-order valence-corrected chi connectivity index (χ3v) is 3.75. The standard InChI is InChI=1S/C16H24N2O2/c1-13(19)9-11-17(2)12-16(20)18-10-5-7-14-6-3-4-8-15(14)18/h3-4,6,8,13,19H,5,7,9-12H2,1-2H3. The Morgan fingerprint density at radius 2 is 2.20 bits per heavy atom. The highest BCUT2D eigenvalue weighted by molar-refractivity contribution is 5.95. The average Bonchev–Trinajstić information content (AvgIpc) is 2.44. The van der Waals surface area contributed by atoms with E-state index in [0.29, 0.717) is 13.0 Å². The van der Waals surface area contributed by atoms with Gasteiger partial charge in [0.05, 0.1) is 12.6 Å². The van der Waals surface area contributed by atoms with E-state index in [-0.39, 0.29) is 12.0 Å². The first-order valence-corrected chi connectivity index (χ1v) is 7.33. The summed E-state index contributed by atoms with van der Waals surface area (Å²) in [4.78, 5) is 16.3. The number of hydrogen-bond donors (Lipinski definition) is 1. The van der Waals surface area contributed by atoms with Gasteiger partial charge in [-0.25, -0.2) is 0 Å². The molecule has 0 saturated carbocycles. The number of carbonyl (C=O) groups is 1. The van der Waals surface area contributed by atoms with Crippen LogP contribution in [0.1, 0.15) is 25.3 Å². The van der Waals surface area contributed by atoms with Crippen molar-refractivity contribution in [2.75, 3.05) is 31.6 Å². The highest BCUT2D eigenvalue weighted by Crippen LogP contribution is 2.26. The number of anilines is 1. The molecule has 0 bridgehead atoms. The van der Waals surface area contributed by atoms with E-state index in [1.165, 1.54) is 5.56 Å². The number of benzene rings is 1. The van der Waals surface area contributed by atoms with Gasteiger partial charge >= 0.3 is 0 Å². The Morgan fingerprint density at radius 1 is 1.45 bits per heavy atom. The van der Waals surface area contributed by atoms with Gasteiger partial charge in [-0.05, 0) is 44.9 Å². The molecule has 20 heavy (non-hydrogen) atoms. The molecule has 0 aromatic heterocycles. The zero-order valence-corrected chi connectivity index (χ0v) is 12.4. The van der Waals surface area contributed by atoms with Gasteiger partial charge in [0.15, 0.2) is 0 Å². The lowest BCUT2D eigenvalue weighted by Crippen LogP contribution is -2.42. The van der Waals surface area contributed by atoms with Crippen LogP contribution < -0.4 is 4.90 Å². The van der Waals surface area contributed by atoms with Gasteiger partial charge < -0.3 is 10.0 Å². The maximum atomic E-state index is 12.4. The number of nitrogens with zero attached hydrogens (tertiary/aromatic N) is 2. The van der Waals surface area contributed by atoms with Gasteiger partial charge in [-0.15, -0.1) is 0 Å². The Balaban J connectivity index is 1.97. The van der Waals surface area contributed by atoms with Crippen LogP contribution in [-0.4, -0.2) is 48.7 Å². The smallest absolute Gasteiger partial charge is 0.241 e. The topological polar surface area (TPSA) is 43.8 Å². The summed E-state index contributed by atoms with van der Waals surface area (Å²) in [5.41, 5.74) is 2.33. The number of fused-ring (bicyclic) bond motifs is 1. The molecule has 2 rings (SSSR count). The fourth-order valence-electron chi connectivity index (χ4n) is 2.60. The van der Waals surface area contributed by atoms with Crippen molar-refractivity contribution < 1.29 is 9.90 Å². The van der Waals surface area contributed by atoms with Gasteiger partial charge in [-0.3, -0.25) is 9.69 Å². The largest absolute Gasteiger partial charge is 0.393 e. The molecular formula is C16H24N2O2. The van der Waals surface area contributed by atoms with Gasteiger partial charge in [0.25, 0.3) is 0 Å². The van der Waals surface area contributed by atoms with E-state index in [1.807, 2.05) is 35.0 Å². The fraction of sp³-hybridized carbons (Fsp3) is 0.562. The number of rotatable bonds is 5. The summed E-state index contributed by atoms with van der Waals surface area (Å²) >= 11 is 0. The minimum Gasteiger partial charge on any atom is -0.393 e. The highest BCUT2D eigenvalue weighted by Gasteiger charge is 2.22. The monoisotopic (exact) mass is 276 g/mol. The molecule has 110 valence electrons. The number of hydrogen-bond acceptors (Lipinski definition) is 3. The Hall–Kier alpha value is -1.39. The molecule has 0 fully saturated rings. The first-order valence-electron chi connectivity index (χ1n) is 7.33. The van der Waals surface area contributed by atoms with Crippen LogP contribution in [0.25, 0.3) is 0 Å². The second kappa shape index (κ2) is 6.86. The Bertz CT molecular complexity index is 460. The SMILES string of the molecule is CC(O)CCN(C)CC(=O)N1CCCc2ccccc21. The van der Waals surface area contributed by atoms with Crippen molar-refractivity contribution in [3.63, 3.8) is 0 Å². The van der Waals surface area contributed by atoms with Crippen molar-refractivity contribution in [1.82, 2.24) is 4.90 Å². The molecule has 4 heteroatoms. The minimum absolute atomic E-state index is 0.144. The molecule has 0 aliphatic carbocycles. The molecule has 4 nitrogen and oxygen atoms in total. The van der Waals surface area contributed by atoms with E-state index in [9.17, 15) is 9.90 Å². The van der Waals surface area contributed by atoms with Crippen molar-refractivity contribution in [3.05, 3.63) is 29.8 Å². The minimum atomic E-state index is -0.316. The van der Waals surface area contributed by atoms with E-state index < -0.39 is 0 Å². The van der Waals surface area contributed by atoms with Crippen molar-refractivity contribution in [2.24, 2.45) is 0 Å². The van der Waals surface area contributed by atoms with Crippen LogP contribution in [0.2, 0.25) is 0 Å². The van der Waals surface area contributed by atoms with E-state index in [4.69, 9.17) is 0 Å². The lowest BCUT2D eigenvalue weighted by Gasteiger charge is -2.31. The quantitative estimate of drug-likeness (QED) is 0.889. The summed E-state index contributed by atoms with van der Waals surface area (Å²) in [6, 6.07) is 8.15. The average molecular weight is 276 g/mol. The molecule has 1 aromatic rings. The van der Waals surface area contributed by atoms with Crippen molar-refractivity contribution in [3.8, 4) is 0 Å². The molecule has 1 aromatic carbocycles. The molecule has 0 radical (unpaired) electrons. The van der Waals surface area contributed by atoms with Crippen LogP contribution >= 0.6 is 0 Å². The molecule has 1 unspecified atom stereocenters. The second-order valence-electron chi connectivity index (χ2n) is 5.65. The molecule has 1 atom stereocenters. The van der Waals surface area contributed by atoms with Crippen LogP contribution in [0, 0.1) is 0 Å². The normalized spacial score (nSPS) is 16.1. The predicted molar refractivity (Wildman–Crippen MR) is 80.9 cm³/mol. The maximum absolute atomic E-state index is 12.4. The van der Waals surface area contributed by atoms with E-state index in [0.717, 1.165) is 31.6 Å². The predicted octanol–water partition coefficient (Wildman–Crippen LogP) is 1.67. The van der Waals surface area contributed by atoms with Gasteiger partial charge in [-0.1, -0.05) is 18.2 Å². The molecule has 1 aliphatic heterocycles. The van der Waals surface area contributed by atoms with Gasteiger partial charge in [0, 0.05) is 18.8 Å². The van der Waals surface area contributed by atoms with Crippen LogP contribution in [0.15, 0.2) is 24.3 Å². The summed E-state index contributed by atoms with van der Waals surface area (Å²) in [7, 11) is 1.93. The van der Waals surface area contributed by atoms with Gasteiger partial charge in [0.2, 0.25) is 5.91 Å². The highest BCUT2D eigenvalue weighted by atomic mass is 16.3. The number of aryl methyl sites for hydroxylation is 1. The van der Waals surface area contributed by atoms with Crippen LogP contribution in [-0.2, 0) is 11.2 Å². The molecule has 0 spiro atoms. The Labute approximate surface area is 121 Å². The fourth-order valence-corrected chi connectivity index (χ4v) is 2.60. The maximum Gasteiger partial charge on any atom is 0.241 e. The molecule has 1 heterocycles. The zero-order chi connectivity index (χ0) is 14.5. The summed E-state index contributed by atoms with van der Waals surface area (Å²) in [5, 5.41) is 9.29. The van der Waals surface area contributed by atoms with Crippen LogP contribution in [0.5, 0.6) is 0 Å². The molecule has 1 aliphatic rings. The summed E-state index contributed by atoms with van der Waals surface area (Å²) in [5.74, 6) is 0.144. The third-order valence-electron chi connectivity index (χ3n) is 3.75. The van der Waals surface area contributed by atoms with Crippen molar-refractivity contribution in [1.29, 1.82) is 0 Å². The molecule has 1 amide bonds. The zero-order valence-electron chi connectivity index (χ0n) is 12.4. The Kier molecular flexibility index (Phi) is 5.15. The van der Waals surface area contributed by atoms with Crippen LogP contribution in [0.3, 0.4) is 0 Å². The lowest BCUT2D eigenvalue weighted by molar-refractivity contribution is -0.119. The third kappa shape index (κ3) is 3.81. The lowest BCUT2D eigenvalue weighted by atomic mass is 10.0. The van der Waals surface area contributed by atoms with Gasteiger partial charge in [0.1, 0.15) is 0 Å². The Morgan fingerprint density at radius 3 is 2.95 bits per heavy atom. The number of aliphatic hydroxyl groups excluding tert-OH is 1. The molecule has 1 N–H and O–H groups in total. The van der Waals surface area contributed by atoms with E-state index >= 15 is 0 Å². The van der Waals surface area contributed by atoms with E-state index in [2.05, 4.69) is 6.07 Å². The number of amides is 1. The van der Waals surface area contributed by atoms with E-state index in [1.54, 1.807) is 6.92 Å². The molecular weight excluding hydrogens is 252 g/mol. The number of para-hydroxylation sites is 1. The second-order valence-corrected chi connectivity index (χ2v) is 5.65. The first kappa shape index (κ1) is 15.0. The van der Waals surface area contributed by atoms with Crippen molar-refractivity contribution >= 4 is 11.6 Å². The molecule has 0 saturated heterocycles. The van der Waals surface area contributed by atoms with Crippen molar-refractivity contribution in [2.45, 2.75) is 32.3 Å². The first-order chi connectivity index (χ1) is 9.58. The number of carbonyl (C=O) groups excluding carboxylic acids is 1. The summed E-state index contributed by atoms with van der Waals surface area (Å²) in [6.45, 7) is 3.72. The van der Waals surface area contributed by atoms with Crippen LogP contribution in [0.4, 0.5) is 5.69 Å². The number of likely N-dealkylation sites (N-methyl/N-ethyl adjacent to an activating group) is 1. The number of aliphatic hydroxyl groups is 1. The summed E-state index contributed by atoms with van der Waals surface area (Å²) in [6.07, 6.45) is 2.46.